The minimum absolute atomic E-state index is 0.330. The SMILES string of the molecule is CCOc1cc(/C=C2\C(=O)ON=C2c2ccccc2)cc(Br)c1OCc1cccc(Cl)c1. The highest BCUT2D eigenvalue weighted by atomic mass is 79.9. The van der Waals surface area contributed by atoms with E-state index in [-0.39, 0.29) is 0 Å². The summed E-state index contributed by atoms with van der Waals surface area (Å²) in [5, 5.41) is 4.60. The van der Waals surface area contributed by atoms with Gasteiger partial charge in [0, 0.05) is 10.6 Å². The van der Waals surface area contributed by atoms with E-state index in [2.05, 4.69) is 21.1 Å². The summed E-state index contributed by atoms with van der Waals surface area (Å²) < 4.78 is 12.5. The molecule has 0 saturated heterocycles. The topological polar surface area (TPSA) is 57.1 Å². The second-order valence-corrected chi connectivity index (χ2v) is 8.22. The Kier molecular flexibility index (Phi) is 6.93. The maximum atomic E-state index is 12.3. The fourth-order valence-electron chi connectivity index (χ4n) is 3.24. The van der Waals surface area contributed by atoms with Gasteiger partial charge in [0.1, 0.15) is 12.3 Å². The van der Waals surface area contributed by atoms with E-state index in [9.17, 15) is 4.79 Å². The summed E-state index contributed by atoms with van der Waals surface area (Å²) in [7, 11) is 0. The van der Waals surface area contributed by atoms with E-state index in [1.807, 2.05) is 73.7 Å². The van der Waals surface area contributed by atoms with Gasteiger partial charge < -0.3 is 14.3 Å². The number of rotatable bonds is 7. The van der Waals surface area contributed by atoms with E-state index in [0.717, 1.165) is 16.7 Å². The molecule has 0 aliphatic carbocycles. The summed E-state index contributed by atoms with van der Waals surface area (Å²) in [5.74, 6) is 0.624. The number of carbonyl (C=O) groups is 1. The first-order valence-electron chi connectivity index (χ1n) is 9.95. The van der Waals surface area contributed by atoms with Crippen LogP contribution in [0.2, 0.25) is 5.02 Å². The van der Waals surface area contributed by atoms with Gasteiger partial charge in [0.2, 0.25) is 0 Å². The second-order valence-electron chi connectivity index (χ2n) is 6.92. The predicted octanol–water partition coefficient (Wildman–Crippen LogP) is 6.42. The van der Waals surface area contributed by atoms with Crippen LogP contribution in [0.5, 0.6) is 11.5 Å². The van der Waals surface area contributed by atoms with Crippen molar-refractivity contribution in [3.05, 3.63) is 98.5 Å². The normalized spacial score (nSPS) is 14.3. The lowest BCUT2D eigenvalue weighted by molar-refractivity contribution is -0.136. The molecule has 32 heavy (non-hydrogen) atoms. The van der Waals surface area contributed by atoms with Crippen LogP contribution in [0, 0.1) is 0 Å². The summed E-state index contributed by atoms with van der Waals surface area (Å²) in [6, 6.07) is 20.6. The average molecular weight is 513 g/mol. The zero-order valence-electron chi connectivity index (χ0n) is 17.2. The summed E-state index contributed by atoms with van der Waals surface area (Å²) in [4.78, 5) is 17.3. The molecule has 3 aromatic rings. The van der Waals surface area contributed by atoms with Crippen molar-refractivity contribution in [1.29, 1.82) is 0 Å². The molecule has 0 bridgehead atoms. The van der Waals surface area contributed by atoms with Gasteiger partial charge in [-0.3, -0.25) is 0 Å². The maximum absolute atomic E-state index is 12.3. The fraction of sp³-hybridized carbons (Fsp3) is 0.120. The number of hydrogen-bond acceptors (Lipinski definition) is 5. The molecule has 0 fully saturated rings. The van der Waals surface area contributed by atoms with E-state index in [1.54, 1.807) is 6.08 Å². The molecule has 0 saturated carbocycles. The predicted molar refractivity (Wildman–Crippen MR) is 128 cm³/mol. The number of hydrogen-bond donors (Lipinski definition) is 0. The minimum Gasteiger partial charge on any atom is -0.490 e. The van der Waals surface area contributed by atoms with Crippen LogP contribution in [0.3, 0.4) is 0 Å². The van der Waals surface area contributed by atoms with E-state index in [4.69, 9.17) is 25.9 Å². The van der Waals surface area contributed by atoms with Gasteiger partial charge in [-0.25, -0.2) is 4.79 Å². The molecule has 5 nitrogen and oxygen atoms in total. The lowest BCUT2D eigenvalue weighted by Crippen LogP contribution is -2.07. The van der Waals surface area contributed by atoms with Gasteiger partial charge in [-0.1, -0.05) is 59.2 Å². The third-order valence-electron chi connectivity index (χ3n) is 4.66. The quantitative estimate of drug-likeness (QED) is 0.271. The Hall–Kier alpha value is -3.09. The fourth-order valence-corrected chi connectivity index (χ4v) is 4.02. The van der Waals surface area contributed by atoms with Gasteiger partial charge in [-0.2, -0.15) is 0 Å². The van der Waals surface area contributed by atoms with Crippen LogP contribution in [-0.2, 0) is 16.2 Å². The molecule has 0 spiro atoms. The lowest BCUT2D eigenvalue weighted by Gasteiger charge is -2.15. The number of carbonyl (C=O) groups excluding carboxylic acids is 1. The Morgan fingerprint density at radius 1 is 1.06 bits per heavy atom. The molecule has 0 amide bonds. The standard InChI is InChI=1S/C25H19BrClNO4/c1-2-30-22-14-17(12-20-23(28-32-25(20)29)18-8-4-3-5-9-18)13-21(26)24(22)31-15-16-7-6-10-19(27)11-16/h3-14H,2,15H2,1H3/b20-12-. The molecule has 1 heterocycles. The second kappa shape index (κ2) is 10.0. The number of halogens is 2. The Labute approximate surface area is 199 Å². The molecule has 7 heteroatoms. The average Bonchev–Trinajstić information content (AvgIpc) is 3.14. The highest BCUT2D eigenvalue weighted by molar-refractivity contribution is 9.10. The van der Waals surface area contributed by atoms with Crippen molar-refractivity contribution in [1.82, 2.24) is 0 Å². The van der Waals surface area contributed by atoms with Crippen LogP contribution in [0.1, 0.15) is 23.6 Å². The van der Waals surface area contributed by atoms with Gasteiger partial charge >= 0.3 is 5.97 Å². The van der Waals surface area contributed by atoms with Crippen molar-refractivity contribution in [2.24, 2.45) is 5.16 Å². The van der Waals surface area contributed by atoms with Crippen LogP contribution >= 0.6 is 27.5 Å². The minimum atomic E-state index is -0.501. The lowest BCUT2D eigenvalue weighted by atomic mass is 10.0. The van der Waals surface area contributed by atoms with E-state index in [1.165, 1.54) is 0 Å². The van der Waals surface area contributed by atoms with Crippen molar-refractivity contribution < 1.29 is 19.1 Å². The van der Waals surface area contributed by atoms with Crippen LogP contribution < -0.4 is 9.47 Å². The van der Waals surface area contributed by atoms with Gasteiger partial charge in [0.05, 0.1) is 16.7 Å². The molecule has 162 valence electrons. The Bertz CT molecular complexity index is 1210. The van der Waals surface area contributed by atoms with Crippen molar-refractivity contribution in [3.8, 4) is 11.5 Å². The van der Waals surface area contributed by atoms with Crippen LogP contribution in [0.15, 0.2) is 81.9 Å². The molecule has 3 aromatic carbocycles. The Morgan fingerprint density at radius 3 is 2.62 bits per heavy atom. The van der Waals surface area contributed by atoms with E-state index < -0.39 is 5.97 Å². The smallest absolute Gasteiger partial charge is 0.368 e. The van der Waals surface area contributed by atoms with E-state index in [0.29, 0.717) is 45.5 Å². The summed E-state index contributed by atoms with van der Waals surface area (Å²) in [5.41, 5.74) is 3.35. The molecule has 0 unspecified atom stereocenters. The monoisotopic (exact) mass is 511 g/mol. The first-order chi connectivity index (χ1) is 15.5. The first kappa shape index (κ1) is 22.1. The van der Waals surface area contributed by atoms with Crippen molar-refractivity contribution >= 4 is 45.3 Å². The van der Waals surface area contributed by atoms with E-state index >= 15 is 0 Å². The molecule has 4 rings (SSSR count). The third kappa shape index (κ3) is 5.03. The van der Waals surface area contributed by atoms with Crippen molar-refractivity contribution in [2.75, 3.05) is 6.61 Å². The molecule has 0 radical (unpaired) electrons. The van der Waals surface area contributed by atoms with Gasteiger partial charge in [-0.05, 0) is 64.3 Å². The maximum Gasteiger partial charge on any atom is 0.368 e. The van der Waals surface area contributed by atoms with Crippen LogP contribution in [0.4, 0.5) is 0 Å². The molecule has 0 aromatic heterocycles. The number of ether oxygens (including phenoxy) is 2. The number of nitrogens with zero attached hydrogens (tertiary/aromatic N) is 1. The van der Waals surface area contributed by atoms with Crippen LogP contribution in [0.25, 0.3) is 6.08 Å². The van der Waals surface area contributed by atoms with Crippen LogP contribution in [-0.4, -0.2) is 18.3 Å². The summed E-state index contributed by atoms with van der Waals surface area (Å²) in [6.07, 6.45) is 1.73. The molecule has 0 atom stereocenters. The van der Waals surface area contributed by atoms with Gasteiger partial charge in [-0.15, -0.1) is 0 Å². The molecular formula is C25H19BrClNO4. The molecular weight excluding hydrogens is 494 g/mol. The van der Waals surface area contributed by atoms with Gasteiger partial charge in [0.25, 0.3) is 0 Å². The summed E-state index contributed by atoms with van der Waals surface area (Å²) in [6.45, 7) is 2.68. The highest BCUT2D eigenvalue weighted by Gasteiger charge is 2.27. The third-order valence-corrected chi connectivity index (χ3v) is 5.48. The molecule has 0 N–H and O–H groups in total. The summed E-state index contributed by atoms with van der Waals surface area (Å²) >= 11 is 9.64. The highest BCUT2D eigenvalue weighted by Crippen LogP contribution is 2.38. The largest absolute Gasteiger partial charge is 0.490 e. The van der Waals surface area contributed by atoms with Gasteiger partial charge in [0.15, 0.2) is 11.5 Å². The zero-order chi connectivity index (χ0) is 22.5. The Morgan fingerprint density at radius 2 is 1.88 bits per heavy atom. The van der Waals surface area contributed by atoms with Crippen molar-refractivity contribution in [3.63, 3.8) is 0 Å². The molecule has 1 aliphatic heterocycles. The Balaban J connectivity index is 1.65. The number of oxime groups is 1. The first-order valence-corrected chi connectivity index (χ1v) is 11.1. The van der Waals surface area contributed by atoms with Crippen molar-refractivity contribution in [2.45, 2.75) is 13.5 Å². The molecule has 1 aliphatic rings. The number of benzene rings is 3. The zero-order valence-corrected chi connectivity index (χ0v) is 19.5.